The van der Waals surface area contributed by atoms with Gasteiger partial charge in [0.15, 0.2) is 4.60 Å². The van der Waals surface area contributed by atoms with E-state index in [0.29, 0.717) is 18.7 Å². The van der Waals surface area contributed by atoms with E-state index >= 15 is 0 Å². The zero-order valence-corrected chi connectivity index (χ0v) is 13.1. The summed E-state index contributed by atoms with van der Waals surface area (Å²) >= 11 is 4.64. The Labute approximate surface area is 119 Å². The summed E-state index contributed by atoms with van der Waals surface area (Å²) in [6.45, 7) is 0.489. The molecular weight excluding hydrogens is 344 g/mol. The second-order valence-corrected chi connectivity index (χ2v) is 7.05. The molecule has 0 atom stereocenters. The first-order valence-electron chi connectivity index (χ1n) is 5.22. The number of aliphatic hydroxyl groups is 1. The lowest BCUT2D eigenvalue weighted by Gasteiger charge is -2.06. The Bertz CT molecular complexity index is 457. The molecule has 0 aliphatic rings. The molecule has 0 bridgehead atoms. The number of aryl methyl sites for hydroxylation is 1. The Morgan fingerprint density at radius 2 is 2.22 bits per heavy atom. The molecule has 0 unspecified atom stereocenters. The van der Waals surface area contributed by atoms with E-state index in [0.717, 1.165) is 5.75 Å². The number of nitrogens with zero attached hydrogens (tertiary/aromatic N) is 3. The van der Waals surface area contributed by atoms with E-state index in [2.05, 4.69) is 31.0 Å². The molecule has 1 heterocycles. The highest BCUT2D eigenvalue weighted by Gasteiger charge is 2.23. The fraction of sp³-hybridized carbons (Fsp3) is 0.750. The Kier molecular flexibility index (Phi) is 6.57. The number of halogens is 1. The minimum atomic E-state index is -3.59. The molecule has 1 rings (SSSR count). The number of rotatable bonds is 8. The van der Waals surface area contributed by atoms with Gasteiger partial charge in [-0.25, -0.2) is 17.8 Å². The summed E-state index contributed by atoms with van der Waals surface area (Å²) in [5.74, 6) is 1.47. The summed E-state index contributed by atoms with van der Waals surface area (Å²) in [5, 5.41) is 15.9. The van der Waals surface area contributed by atoms with E-state index in [-0.39, 0.29) is 16.2 Å². The summed E-state index contributed by atoms with van der Waals surface area (Å²) in [6.07, 6.45) is 0.717. The third-order valence-electron chi connectivity index (χ3n) is 1.98. The van der Waals surface area contributed by atoms with Gasteiger partial charge < -0.3 is 5.11 Å². The second kappa shape index (κ2) is 7.43. The van der Waals surface area contributed by atoms with E-state index in [1.165, 1.54) is 11.7 Å². The Morgan fingerprint density at radius 3 is 2.78 bits per heavy atom. The van der Waals surface area contributed by atoms with Gasteiger partial charge in [0.25, 0.3) is 10.0 Å². The molecule has 7 nitrogen and oxygen atoms in total. The summed E-state index contributed by atoms with van der Waals surface area (Å²) in [6, 6.07) is 0. The van der Waals surface area contributed by atoms with Crippen LogP contribution in [0.5, 0.6) is 0 Å². The van der Waals surface area contributed by atoms with Gasteiger partial charge >= 0.3 is 0 Å². The zero-order chi connectivity index (χ0) is 13.6. The van der Waals surface area contributed by atoms with Crippen LogP contribution < -0.4 is 4.72 Å². The van der Waals surface area contributed by atoms with Crippen LogP contribution in [0.15, 0.2) is 9.63 Å². The van der Waals surface area contributed by atoms with Gasteiger partial charge in [-0.05, 0) is 28.1 Å². The predicted molar refractivity (Wildman–Crippen MR) is 72.9 cm³/mol. The molecule has 0 saturated heterocycles. The molecule has 10 heteroatoms. The highest BCUT2D eigenvalue weighted by molar-refractivity contribution is 9.10. The highest BCUT2D eigenvalue weighted by Crippen LogP contribution is 2.17. The van der Waals surface area contributed by atoms with Crippen LogP contribution in [0.3, 0.4) is 0 Å². The molecule has 104 valence electrons. The average Bonchev–Trinajstić information content (AvgIpc) is 2.64. The maximum atomic E-state index is 11.9. The molecule has 0 fully saturated rings. The standard InChI is InChI=1S/C8H15BrN4O3S2/c1-13-8(7(9)11-12-13)18(15,16)10-3-6-17-5-2-4-14/h10,14H,2-6H2,1H3. The van der Waals surface area contributed by atoms with Crippen LogP contribution in [0.4, 0.5) is 0 Å². The van der Waals surface area contributed by atoms with Crippen molar-refractivity contribution >= 4 is 37.7 Å². The lowest BCUT2D eigenvalue weighted by atomic mass is 10.5. The van der Waals surface area contributed by atoms with Gasteiger partial charge in [-0.1, -0.05) is 5.21 Å². The third kappa shape index (κ3) is 4.50. The fourth-order valence-corrected chi connectivity index (χ4v) is 4.23. The van der Waals surface area contributed by atoms with Crippen molar-refractivity contribution in [2.45, 2.75) is 11.4 Å². The Morgan fingerprint density at radius 1 is 1.50 bits per heavy atom. The quantitative estimate of drug-likeness (QED) is 0.633. The van der Waals surface area contributed by atoms with Gasteiger partial charge in [0.05, 0.1) is 0 Å². The lowest BCUT2D eigenvalue weighted by Crippen LogP contribution is -2.28. The van der Waals surface area contributed by atoms with Gasteiger partial charge in [0.2, 0.25) is 5.03 Å². The second-order valence-electron chi connectivity index (χ2n) is 3.40. The number of sulfonamides is 1. The van der Waals surface area contributed by atoms with Gasteiger partial charge in [-0.2, -0.15) is 11.8 Å². The molecule has 0 amide bonds. The summed E-state index contributed by atoms with van der Waals surface area (Å²) in [7, 11) is -2.08. The van der Waals surface area contributed by atoms with Crippen molar-refractivity contribution in [3.8, 4) is 0 Å². The molecule has 2 N–H and O–H groups in total. The summed E-state index contributed by atoms with van der Waals surface area (Å²) < 4.78 is 27.7. The van der Waals surface area contributed by atoms with E-state index < -0.39 is 10.0 Å². The van der Waals surface area contributed by atoms with Crippen LogP contribution in [0.2, 0.25) is 0 Å². The van der Waals surface area contributed by atoms with Gasteiger partial charge in [0.1, 0.15) is 0 Å². The van der Waals surface area contributed by atoms with Crippen LogP contribution >= 0.6 is 27.7 Å². The molecular formula is C8H15BrN4O3S2. The monoisotopic (exact) mass is 358 g/mol. The number of nitrogens with one attached hydrogen (secondary N) is 1. The highest BCUT2D eigenvalue weighted by atomic mass is 79.9. The normalized spacial score (nSPS) is 11.9. The Balaban J connectivity index is 2.46. The molecule has 0 spiro atoms. The van der Waals surface area contributed by atoms with Crippen LogP contribution in [-0.2, 0) is 17.1 Å². The largest absolute Gasteiger partial charge is 0.396 e. The van der Waals surface area contributed by atoms with Gasteiger partial charge in [-0.15, -0.1) is 5.10 Å². The lowest BCUT2D eigenvalue weighted by molar-refractivity contribution is 0.296. The summed E-state index contributed by atoms with van der Waals surface area (Å²) in [4.78, 5) is 0. The van der Waals surface area contributed by atoms with Crippen LogP contribution in [0.25, 0.3) is 0 Å². The fourth-order valence-electron chi connectivity index (χ4n) is 1.19. The van der Waals surface area contributed by atoms with Crippen LogP contribution in [-0.4, -0.2) is 53.2 Å². The number of hydrogen-bond donors (Lipinski definition) is 2. The van der Waals surface area contributed by atoms with Crippen molar-refractivity contribution in [1.29, 1.82) is 0 Å². The van der Waals surface area contributed by atoms with Crippen molar-refractivity contribution in [1.82, 2.24) is 19.7 Å². The molecule has 1 aromatic rings. The SMILES string of the molecule is Cn1nnc(Br)c1S(=O)(=O)NCCSCCCO. The minimum Gasteiger partial charge on any atom is -0.396 e. The van der Waals surface area contributed by atoms with Crippen molar-refractivity contribution in [3.63, 3.8) is 0 Å². The average molecular weight is 359 g/mol. The Hall–Kier alpha value is -0.160. The molecule has 1 aromatic heterocycles. The predicted octanol–water partition coefficient (Wildman–Crippen LogP) is -0.0285. The van der Waals surface area contributed by atoms with E-state index in [4.69, 9.17) is 5.11 Å². The third-order valence-corrected chi connectivity index (χ3v) is 5.39. The first kappa shape index (κ1) is 15.9. The van der Waals surface area contributed by atoms with Crippen molar-refractivity contribution in [2.24, 2.45) is 7.05 Å². The number of hydrogen-bond acceptors (Lipinski definition) is 6. The molecule has 0 aromatic carbocycles. The van der Waals surface area contributed by atoms with Crippen molar-refractivity contribution in [3.05, 3.63) is 4.60 Å². The topological polar surface area (TPSA) is 97.1 Å². The maximum absolute atomic E-state index is 11.9. The van der Waals surface area contributed by atoms with Crippen molar-refractivity contribution in [2.75, 3.05) is 24.7 Å². The zero-order valence-electron chi connectivity index (χ0n) is 9.84. The summed E-state index contributed by atoms with van der Waals surface area (Å²) in [5.41, 5.74) is 0. The van der Waals surface area contributed by atoms with Crippen molar-refractivity contribution < 1.29 is 13.5 Å². The molecule has 18 heavy (non-hydrogen) atoms. The van der Waals surface area contributed by atoms with E-state index in [9.17, 15) is 8.42 Å². The van der Waals surface area contributed by atoms with Gasteiger partial charge in [0, 0.05) is 26.0 Å². The number of thioether (sulfide) groups is 1. The maximum Gasteiger partial charge on any atom is 0.260 e. The molecule has 0 saturated carbocycles. The first-order valence-corrected chi connectivity index (χ1v) is 8.65. The molecule has 0 aliphatic heterocycles. The van der Waals surface area contributed by atoms with Gasteiger partial charge in [-0.3, -0.25) is 0 Å². The van der Waals surface area contributed by atoms with E-state index in [1.54, 1.807) is 11.8 Å². The molecule has 0 radical (unpaired) electrons. The number of aromatic nitrogens is 3. The minimum absolute atomic E-state index is 0.0165. The first-order chi connectivity index (χ1) is 8.49. The number of aliphatic hydroxyl groups excluding tert-OH is 1. The van der Waals surface area contributed by atoms with Crippen LogP contribution in [0, 0.1) is 0 Å². The van der Waals surface area contributed by atoms with Crippen LogP contribution in [0.1, 0.15) is 6.42 Å². The smallest absolute Gasteiger partial charge is 0.260 e. The molecule has 0 aliphatic carbocycles. The van der Waals surface area contributed by atoms with E-state index in [1.807, 2.05) is 0 Å².